The van der Waals surface area contributed by atoms with Gasteiger partial charge in [-0.15, -0.1) is 0 Å². The molecule has 3 aliphatic rings. The van der Waals surface area contributed by atoms with Crippen molar-refractivity contribution in [2.24, 2.45) is 5.92 Å². The fraction of sp³-hybridized carbons (Fsp3) is 0.484. The van der Waals surface area contributed by atoms with Crippen LogP contribution in [0.1, 0.15) is 74.5 Å². The third-order valence-electron chi connectivity index (χ3n) is 8.66. The Hall–Kier alpha value is -2.33. The van der Waals surface area contributed by atoms with E-state index < -0.39 is 0 Å². The lowest BCUT2D eigenvalue weighted by Gasteiger charge is -2.37. The van der Waals surface area contributed by atoms with Gasteiger partial charge in [0.15, 0.2) is 5.16 Å². The summed E-state index contributed by atoms with van der Waals surface area (Å²) in [5.74, 6) is 1.54. The van der Waals surface area contributed by atoms with Crippen molar-refractivity contribution in [3.8, 4) is 11.3 Å². The van der Waals surface area contributed by atoms with E-state index >= 15 is 0 Å². The lowest BCUT2D eigenvalue weighted by Crippen LogP contribution is -2.41. The van der Waals surface area contributed by atoms with Crippen LogP contribution in [0.15, 0.2) is 64.5 Å². The first-order chi connectivity index (χ1) is 17.2. The zero-order valence-electron chi connectivity index (χ0n) is 20.7. The second-order valence-corrected chi connectivity index (χ2v) is 12.0. The Bertz CT molecular complexity index is 1240. The monoisotopic (exact) mass is 484 g/mol. The molecule has 0 atom stereocenters. The predicted molar refractivity (Wildman–Crippen MR) is 145 cm³/mol. The Morgan fingerprint density at radius 1 is 0.914 bits per heavy atom. The van der Waals surface area contributed by atoms with Crippen molar-refractivity contribution in [3.63, 3.8) is 0 Å². The Morgan fingerprint density at radius 2 is 1.66 bits per heavy atom. The van der Waals surface area contributed by atoms with Gasteiger partial charge < -0.3 is 0 Å². The quantitative estimate of drug-likeness (QED) is 0.274. The van der Waals surface area contributed by atoms with E-state index in [0.717, 1.165) is 54.4 Å². The van der Waals surface area contributed by atoms with E-state index in [1.165, 1.54) is 61.6 Å². The lowest BCUT2D eigenvalue weighted by atomic mass is 9.68. The van der Waals surface area contributed by atoms with Crippen LogP contribution in [0.3, 0.4) is 0 Å². The van der Waals surface area contributed by atoms with Crippen LogP contribution in [-0.4, -0.2) is 15.3 Å². The number of nitrogens with zero attached hydrogens (tertiary/aromatic N) is 2. The van der Waals surface area contributed by atoms with Crippen LogP contribution in [0.5, 0.6) is 0 Å². The highest BCUT2D eigenvalue weighted by Gasteiger charge is 2.44. The first-order valence-corrected chi connectivity index (χ1v) is 14.6. The van der Waals surface area contributed by atoms with Crippen LogP contribution >= 0.6 is 11.8 Å². The number of rotatable bonds is 6. The number of hydrogen-bond acceptors (Lipinski definition) is 3. The molecule has 3 nitrogen and oxygen atoms in total. The van der Waals surface area contributed by atoms with E-state index in [1.807, 2.05) is 0 Å². The molecule has 2 aromatic carbocycles. The van der Waals surface area contributed by atoms with E-state index in [4.69, 9.17) is 4.98 Å². The molecule has 182 valence electrons. The molecule has 0 bridgehead atoms. The van der Waals surface area contributed by atoms with E-state index in [1.54, 1.807) is 11.8 Å². The highest BCUT2D eigenvalue weighted by molar-refractivity contribution is 7.99. The predicted octanol–water partition coefficient (Wildman–Crippen LogP) is 7.19. The van der Waals surface area contributed by atoms with Crippen LogP contribution in [0.2, 0.25) is 0 Å². The molecular weight excluding hydrogens is 448 g/mol. The number of thioether (sulfide) groups is 1. The zero-order chi connectivity index (χ0) is 23.7. The lowest BCUT2D eigenvalue weighted by molar-refractivity contribution is 0.302. The second-order valence-electron chi connectivity index (χ2n) is 10.9. The molecule has 3 aliphatic carbocycles. The van der Waals surface area contributed by atoms with Gasteiger partial charge in [0.05, 0.1) is 11.3 Å². The molecule has 0 radical (unpaired) electrons. The summed E-state index contributed by atoms with van der Waals surface area (Å²) >= 11 is 1.77. The van der Waals surface area contributed by atoms with Gasteiger partial charge in [0.2, 0.25) is 0 Å². The SMILES string of the molecule is O=c1c2c(nc(SCCc3ccccc3)n1CC1CCCCC1)-c1ccccc1CC21CCCC1. The summed E-state index contributed by atoms with van der Waals surface area (Å²) in [6.45, 7) is 0.838. The summed E-state index contributed by atoms with van der Waals surface area (Å²) in [4.78, 5) is 19.8. The number of fused-ring (bicyclic) bond motifs is 4. The van der Waals surface area contributed by atoms with Crippen molar-refractivity contribution in [2.45, 2.75) is 87.7 Å². The molecule has 0 N–H and O–H groups in total. The van der Waals surface area contributed by atoms with E-state index in [2.05, 4.69) is 59.2 Å². The standard InChI is InChI=1S/C31H36N2OS/c34-29-27-28(26-16-8-7-15-25(26)21-31(27)18-9-10-19-31)32-30(33(29)22-24-13-5-2-6-14-24)35-20-17-23-11-3-1-4-12-23/h1,3-4,7-8,11-12,15-16,24H,2,5-6,9-10,13-14,17-22H2. The fourth-order valence-corrected chi connectivity index (χ4v) is 7.84. The normalized spacial score (nSPS) is 19.0. The zero-order valence-corrected chi connectivity index (χ0v) is 21.5. The Labute approximate surface area is 213 Å². The smallest absolute Gasteiger partial charge is 0.258 e. The summed E-state index contributed by atoms with van der Waals surface area (Å²) in [5, 5.41) is 0.931. The van der Waals surface area contributed by atoms with Gasteiger partial charge in [-0.3, -0.25) is 9.36 Å². The van der Waals surface area contributed by atoms with E-state index in [9.17, 15) is 4.79 Å². The van der Waals surface area contributed by atoms with Crippen LogP contribution < -0.4 is 5.56 Å². The van der Waals surface area contributed by atoms with Crippen LogP contribution in [0, 0.1) is 5.92 Å². The van der Waals surface area contributed by atoms with Crippen molar-refractivity contribution < 1.29 is 0 Å². The van der Waals surface area contributed by atoms with Crippen molar-refractivity contribution in [2.75, 3.05) is 5.75 Å². The molecular formula is C31H36N2OS. The topological polar surface area (TPSA) is 34.9 Å². The van der Waals surface area contributed by atoms with Crippen LogP contribution in [-0.2, 0) is 24.8 Å². The van der Waals surface area contributed by atoms with Gasteiger partial charge in [-0.1, -0.05) is 98.5 Å². The largest absolute Gasteiger partial charge is 0.287 e. The van der Waals surface area contributed by atoms with Gasteiger partial charge >= 0.3 is 0 Å². The number of aromatic nitrogens is 2. The molecule has 3 aromatic rings. The van der Waals surface area contributed by atoms with E-state index in [0.29, 0.717) is 5.92 Å². The van der Waals surface area contributed by atoms with Gasteiger partial charge in [-0.05, 0) is 55.6 Å². The fourth-order valence-electron chi connectivity index (χ4n) is 6.85. The summed E-state index contributed by atoms with van der Waals surface area (Å²) in [5.41, 5.74) is 6.17. The molecule has 2 fully saturated rings. The highest BCUT2D eigenvalue weighted by Crippen LogP contribution is 2.50. The van der Waals surface area contributed by atoms with Gasteiger partial charge in [0, 0.05) is 23.3 Å². The number of benzene rings is 2. The molecule has 1 aromatic heterocycles. The number of aryl methyl sites for hydroxylation is 1. The third kappa shape index (κ3) is 4.50. The van der Waals surface area contributed by atoms with Crippen LogP contribution in [0.4, 0.5) is 0 Å². The van der Waals surface area contributed by atoms with Crippen LogP contribution in [0.25, 0.3) is 11.3 Å². The molecule has 35 heavy (non-hydrogen) atoms. The Kier molecular flexibility index (Phi) is 6.58. The maximum atomic E-state index is 14.4. The van der Waals surface area contributed by atoms with Crippen molar-refractivity contribution in [1.82, 2.24) is 9.55 Å². The molecule has 1 heterocycles. The van der Waals surface area contributed by atoms with Gasteiger partial charge in [-0.2, -0.15) is 0 Å². The molecule has 6 rings (SSSR count). The summed E-state index contributed by atoms with van der Waals surface area (Å²) in [6.07, 6.45) is 13.1. The van der Waals surface area contributed by atoms with Crippen molar-refractivity contribution >= 4 is 11.8 Å². The minimum Gasteiger partial charge on any atom is -0.287 e. The molecule has 1 spiro atoms. The Morgan fingerprint density at radius 3 is 2.46 bits per heavy atom. The first kappa shape index (κ1) is 23.1. The highest BCUT2D eigenvalue weighted by atomic mass is 32.2. The molecule has 0 unspecified atom stereocenters. The van der Waals surface area contributed by atoms with E-state index in [-0.39, 0.29) is 11.0 Å². The summed E-state index contributed by atoms with van der Waals surface area (Å²) < 4.78 is 2.11. The third-order valence-corrected chi connectivity index (χ3v) is 9.63. The molecule has 2 saturated carbocycles. The summed E-state index contributed by atoms with van der Waals surface area (Å²) in [6, 6.07) is 19.4. The average Bonchev–Trinajstić information content (AvgIpc) is 3.35. The molecule has 4 heteroatoms. The second kappa shape index (κ2) is 9.97. The molecule has 0 amide bonds. The molecule has 0 saturated heterocycles. The summed E-state index contributed by atoms with van der Waals surface area (Å²) in [7, 11) is 0. The van der Waals surface area contributed by atoms with Crippen molar-refractivity contribution in [3.05, 3.63) is 81.6 Å². The minimum atomic E-state index is -0.0185. The maximum absolute atomic E-state index is 14.4. The van der Waals surface area contributed by atoms with Gasteiger partial charge in [0.25, 0.3) is 5.56 Å². The minimum absolute atomic E-state index is 0.0185. The maximum Gasteiger partial charge on any atom is 0.258 e. The van der Waals surface area contributed by atoms with Crippen molar-refractivity contribution in [1.29, 1.82) is 0 Å². The molecule has 0 aliphatic heterocycles. The number of hydrogen-bond donors (Lipinski definition) is 0. The van der Waals surface area contributed by atoms with Gasteiger partial charge in [0.1, 0.15) is 0 Å². The Balaban J connectivity index is 1.43. The van der Waals surface area contributed by atoms with Gasteiger partial charge in [-0.25, -0.2) is 4.98 Å². The average molecular weight is 485 g/mol. The first-order valence-electron chi connectivity index (χ1n) is 13.6.